The summed E-state index contributed by atoms with van der Waals surface area (Å²) < 4.78 is 13.0. The highest BCUT2D eigenvalue weighted by Crippen LogP contribution is 2.18. The van der Waals surface area contributed by atoms with Gasteiger partial charge in [-0.25, -0.2) is 4.39 Å². The minimum Gasteiger partial charge on any atom is -0.397 e. The summed E-state index contributed by atoms with van der Waals surface area (Å²) in [6, 6.07) is 4.39. The van der Waals surface area contributed by atoms with E-state index in [1.807, 2.05) is 0 Å². The van der Waals surface area contributed by atoms with Crippen molar-refractivity contribution >= 4 is 11.4 Å². The monoisotopic (exact) mass is 239 g/mol. The van der Waals surface area contributed by atoms with Crippen LogP contribution in [0.3, 0.4) is 0 Å². The van der Waals surface area contributed by atoms with Crippen molar-refractivity contribution in [1.29, 1.82) is 0 Å². The predicted molar refractivity (Wildman–Crippen MR) is 71.7 cm³/mol. The molecule has 0 amide bonds. The SMILES string of the molecule is CCN(CC)CCCNc1cc(F)ccc1N. The maximum Gasteiger partial charge on any atom is 0.125 e. The van der Waals surface area contributed by atoms with E-state index in [0.29, 0.717) is 11.4 Å². The summed E-state index contributed by atoms with van der Waals surface area (Å²) in [7, 11) is 0. The quantitative estimate of drug-likeness (QED) is 0.567. The van der Waals surface area contributed by atoms with Gasteiger partial charge in [0, 0.05) is 6.54 Å². The molecule has 0 saturated heterocycles. The lowest BCUT2D eigenvalue weighted by Crippen LogP contribution is -2.25. The molecule has 96 valence electrons. The normalized spacial score (nSPS) is 10.8. The molecule has 1 aromatic carbocycles. The van der Waals surface area contributed by atoms with Gasteiger partial charge >= 0.3 is 0 Å². The zero-order valence-electron chi connectivity index (χ0n) is 10.7. The molecule has 3 nitrogen and oxygen atoms in total. The van der Waals surface area contributed by atoms with Crippen molar-refractivity contribution in [2.24, 2.45) is 0 Å². The smallest absolute Gasteiger partial charge is 0.125 e. The Morgan fingerprint density at radius 2 is 2.00 bits per heavy atom. The molecule has 0 aliphatic carbocycles. The first-order valence-electron chi connectivity index (χ1n) is 6.18. The number of nitrogens with two attached hydrogens (primary N) is 1. The van der Waals surface area contributed by atoms with E-state index < -0.39 is 0 Å². The third kappa shape index (κ3) is 4.61. The molecular formula is C13H22FN3. The largest absolute Gasteiger partial charge is 0.397 e. The van der Waals surface area contributed by atoms with Crippen molar-refractivity contribution in [1.82, 2.24) is 4.90 Å². The lowest BCUT2D eigenvalue weighted by atomic mass is 10.2. The third-order valence-corrected chi connectivity index (χ3v) is 2.88. The minimum absolute atomic E-state index is 0.259. The number of hydrogen-bond donors (Lipinski definition) is 2. The molecule has 0 aromatic heterocycles. The Bertz CT molecular complexity index is 337. The maximum absolute atomic E-state index is 13.0. The highest BCUT2D eigenvalue weighted by molar-refractivity contribution is 5.65. The van der Waals surface area contributed by atoms with Crippen molar-refractivity contribution in [2.45, 2.75) is 20.3 Å². The first-order chi connectivity index (χ1) is 8.17. The lowest BCUT2D eigenvalue weighted by Gasteiger charge is -2.18. The molecule has 0 saturated carbocycles. The predicted octanol–water partition coefficient (Wildman–Crippen LogP) is 2.55. The summed E-state index contributed by atoms with van der Waals surface area (Å²) in [4.78, 5) is 2.36. The molecule has 0 fully saturated rings. The van der Waals surface area contributed by atoms with E-state index in [1.54, 1.807) is 6.07 Å². The van der Waals surface area contributed by atoms with E-state index in [4.69, 9.17) is 5.73 Å². The van der Waals surface area contributed by atoms with Gasteiger partial charge in [0.05, 0.1) is 11.4 Å². The van der Waals surface area contributed by atoms with Crippen molar-refractivity contribution in [3.05, 3.63) is 24.0 Å². The van der Waals surface area contributed by atoms with Crippen LogP contribution in [0, 0.1) is 5.82 Å². The number of nitrogens with one attached hydrogen (secondary N) is 1. The van der Waals surface area contributed by atoms with E-state index in [2.05, 4.69) is 24.1 Å². The zero-order chi connectivity index (χ0) is 12.7. The molecule has 3 N–H and O–H groups in total. The molecule has 0 radical (unpaired) electrons. The molecule has 17 heavy (non-hydrogen) atoms. The summed E-state index contributed by atoms with van der Waals surface area (Å²) >= 11 is 0. The molecule has 0 aliphatic heterocycles. The molecular weight excluding hydrogens is 217 g/mol. The highest BCUT2D eigenvalue weighted by Gasteiger charge is 2.01. The Labute approximate surface area is 103 Å². The van der Waals surface area contributed by atoms with E-state index in [-0.39, 0.29) is 5.82 Å². The van der Waals surface area contributed by atoms with E-state index in [9.17, 15) is 4.39 Å². The second kappa shape index (κ2) is 7.12. The van der Waals surface area contributed by atoms with Crippen LogP contribution in [0.2, 0.25) is 0 Å². The van der Waals surface area contributed by atoms with Crippen molar-refractivity contribution < 1.29 is 4.39 Å². The lowest BCUT2D eigenvalue weighted by molar-refractivity contribution is 0.303. The fourth-order valence-electron chi connectivity index (χ4n) is 1.75. The zero-order valence-corrected chi connectivity index (χ0v) is 10.7. The fraction of sp³-hybridized carbons (Fsp3) is 0.538. The van der Waals surface area contributed by atoms with Crippen LogP contribution in [0.5, 0.6) is 0 Å². The van der Waals surface area contributed by atoms with Crippen LogP contribution in [0.25, 0.3) is 0 Å². The Hall–Kier alpha value is -1.29. The topological polar surface area (TPSA) is 41.3 Å². The molecule has 0 spiro atoms. The number of halogens is 1. The van der Waals surface area contributed by atoms with Gasteiger partial charge in [-0.05, 0) is 44.3 Å². The van der Waals surface area contributed by atoms with E-state index >= 15 is 0 Å². The Kier molecular flexibility index (Phi) is 5.77. The second-order valence-electron chi connectivity index (χ2n) is 4.04. The Morgan fingerprint density at radius 1 is 1.29 bits per heavy atom. The van der Waals surface area contributed by atoms with Gasteiger partial charge in [0.25, 0.3) is 0 Å². The van der Waals surface area contributed by atoms with Gasteiger partial charge in [-0.2, -0.15) is 0 Å². The van der Waals surface area contributed by atoms with Crippen LogP contribution in [-0.2, 0) is 0 Å². The summed E-state index contributed by atoms with van der Waals surface area (Å²) in [6.45, 7) is 8.31. The van der Waals surface area contributed by atoms with Crippen LogP contribution in [-0.4, -0.2) is 31.1 Å². The summed E-state index contributed by atoms with van der Waals surface area (Å²) in [6.07, 6.45) is 1.03. The average molecular weight is 239 g/mol. The van der Waals surface area contributed by atoms with Crippen molar-refractivity contribution in [3.8, 4) is 0 Å². The number of rotatable bonds is 7. The number of anilines is 2. The van der Waals surface area contributed by atoms with Crippen LogP contribution in [0.4, 0.5) is 15.8 Å². The summed E-state index contributed by atoms with van der Waals surface area (Å²) in [5.41, 5.74) is 7.02. The standard InChI is InChI=1S/C13H22FN3/c1-3-17(4-2)9-5-8-16-13-10-11(14)6-7-12(13)15/h6-7,10,16H,3-5,8-9,15H2,1-2H3. The van der Waals surface area contributed by atoms with Gasteiger partial charge in [0.2, 0.25) is 0 Å². The van der Waals surface area contributed by atoms with Gasteiger partial charge in [-0.1, -0.05) is 13.8 Å². The molecule has 0 aliphatic rings. The second-order valence-corrected chi connectivity index (χ2v) is 4.04. The third-order valence-electron chi connectivity index (χ3n) is 2.88. The highest BCUT2D eigenvalue weighted by atomic mass is 19.1. The molecule has 0 atom stereocenters. The van der Waals surface area contributed by atoms with Crippen molar-refractivity contribution in [2.75, 3.05) is 37.2 Å². The van der Waals surface area contributed by atoms with Gasteiger partial charge in [0.1, 0.15) is 5.82 Å². The summed E-state index contributed by atoms with van der Waals surface area (Å²) in [5, 5.41) is 3.17. The molecule has 1 aromatic rings. The van der Waals surface area contributed by atoms with Gasteiger partial charge in [-0.15, -0.1) is 0 Å². The molecule has 0 heterocycles. The van der Waals surface area contributed by atoms with Crippen LogP contribution < -0.4 is 11.1 Å². The maximum atomic E-state index is 13.0. The molecule has 4 heteroatoms. The van der Waals surface area contributed by atoms with E-state index in [0.717, 1.165) is 32.6 Å². The number of benzene rings is 1. The first kappa shape index (κ1) is 13.8. The van der Waals surface area contributed by atoms with Gasteiger partial charge < -0.3 is 16.0 Å². The van der Waals surface area contributed by atoms with Gasteiger partial charge in [0.15, 0.2) is 0 Å². The van der Waals surface area contributed by atoms with Crippen LogP contribution in [0.15, 0.2) is 18.2 Å². The molecule has 1 rings (SSSR count). The summed E-state index contributed by atoms with van der Waals surface area (Å²) in [5.74, 6) is -0.259. The van der Waals surface area contributed by atoms with E-state index in [1.165, 1.54) is 12.1 Å². The first-order valence-corrected chi connectivity index (χ1v) is 6.18. The number of nitrogen functional groups attached to an aromatic ring is 1. The number of nitrogens with zero attached hydrogens (tertiary/aromatic N) is 1. The minimum atomic E-state index is -0.259. The Morgan fingerprint density at radius 3 is 2.65 bits per heavy atom. The molecule has 0 bridgehead atoms. The molecule has 0 unspecified atom stereocenters. The van der Waals surface area contributed by atoms with Crippen LogP contribution >= 0.6 is 0 Å². The van der Waals surface area contributed by atoms with Crippen LogP contribution in [0.1, 0.15) is 20.3 Å². The van der Waals surface area contributed by atoms with Crippen molar-refractivity contribution in [3.63, 3.8) is 0 Å². The van der Waals surface area contributed by atoms with Gasteiger partial charge in [-0.3, -0.25) is 0 Å². The Balaban J connectivity index is 2.33. The number of hydrogen-bond acceptors (Lipinski definition) is 3. The fourth-order valence-corrected chi connectivity index (χ4v) is 1.75. The average Bonchev–Trinajstić information content (AvgIpc) is 2.33.